The first-order chi connectivity index (χ1) is 18.1. The molecule has 6 rings (SSSR count). The number of anilines is 1. The van der Waals surface area contributed by atoms with Crippen molar-refractivity contribution < 1.29 is 18.7 Å². The summed E-state index contributed by atoms with van der Waals surface area (Å²) in [5, 5.41) is 5.77. The molecule has 0 saturated carbocycles. The van der Waals surface area contributed by atoms with Crippen molar-refractivity contribution in [3.8, 4) is 11.5 Å². The monoisotopic (exact) mass is 503 g/mol. The van der Waals surface area contributed by atoms with Gasteiger partial charge in [-0.2, -0.15) is 0 Å². The smallest absolute Gasteiger partial charge is 0.225 e. The second kappa shape index (κ2) is 10.6. The van der Waals surface area contributed by atoms with E-state index in [-0.39, 0.29) is 23.6 Å². The minimum atomic E-state index is -0.403. The van der Waals surface area contributed by atoms with Gasteiger partial charge in [0.1, 0.15) is 13.2 Å². The number of ether oxygens (including phenoxy) is 2. The Morgan fingerprint density at radius 1 is 1.00 bits per heavy atom. The van der Waals surface area contributed by atoms with E-state index < -0.39 is 5.82 Å². The molecule has 0 aliphatic carbocycles. The fraction of sp³-hybridized carbons (Fsp3) is 0.433. The maximum atomic E-state index is 14.7. The lowest BCUT2D eigenvalue weighted by atomic mass is 10.0. The number of carbonyl (C=O) groups excluding carboxylic acids is 1. The van der Waals surface area contributed by atoms with Crippen LogP contribution in [0.2, 0.25) is 0 Å². The van der Waals surface area contributed by atoms with Crippen LogP contribution in [-0.2, 0) is 11.2 Å². The zero-order chi connectivity index (χ0) is 25.2. The van der Waals surface area contributed by atoms with Gasteiger partial charge in [-0.15, -0.1) is 0 Å². The van der Waals surface area contributed by atoms with Gasteiger partial charge in [-0.1, -0.05) is 30.3 Å². The molecule has 3 aromatic carbocycles. The van der Waals surface area contributed by atoms with Crippen molar-refractivity contribution in [3.05, 3.63) is 66.0 Å². The molecule has 0 aromatic heterocycles. The second-order valence-corrected chi connectivity index (χ2v) is 10.5. The van der Waals surface area contributed by atoms with E-state index in [4.69, 9.17) is 9.47 Å². The number of halogens is 1. The number of hydrogen-bond donors (Lipinski definition) is 1. The summed E-state index contributed by atoms with van der Waals surface area (Å²) < 4.78 is 25.8. The van der Waals surface area contributed by atoms with Gasteiger partial charge < -0.3 is 24.6 Å². The molecule has 3 aromatic rings. The van der Waals surface area contributed by atoms with Gasteiger partial charge in [-0.05, 0) is 79.4 Å². The van der Waals surface area contributed by atoms with E-state index in [0.29, 0.717) is 31.9 Å². The molecule has 2 saturated heterocycles. The number of amides is 1. The number of carbonyl (C=O) groups is 1. The van der Waals surface area contributed by atoms with Crippen LogP contribution in [0.15, 0.2) is 54.6 Å². The number of hydrogen-bond acceptors (Lipinski definition) is 5. The van der Waals surface area contributed by atoms with Crippen LogP contribution in [0.4, 0.5) is 10.1 Å². The predicted molar refractivity (Wildman–Crippen MR) is 143 cm³/mol. The standard InChI is InChI=1S/C30H34FN3O3/c31-27-16-21(17-28-29(27)37-14-13-36-28)15-25(20-33-10-3-4-11-33)32-30(35)24-9-12-34(19-24)26-8-7-22-5-1-2-6-23(22)18-26/h1-2,5-8,16-18,24-25H,3-4,9-15,19-20H2,(H,32,35). The molecule has 3 aliphatic heterocycles. The van der Waals surface area contributed by atoms with Gasteiger partial charge >= 0.3 is 0 Å². The van der Waals surface area contributed by atoms with Gasteiger partial charge in [-0.3, -0.25) is 4.79 Å². The van der Waals surface area contributed by atoms with Crippen LogP contribution in [0.3, 0.4) is 0 Å². The summed E-state index contributed by atoms with van der Waals surface area (Å²) in [5.74, 6) is 0.263. The van der Waals surface area contributed by atoms with E-state index in [2.05, 4.69) is 57.6 Å². The van der Waals surface area contributed by atoms with Crippen molar-refractivity contribution in [2.45, 2.75) is 31.7 Å². The Morgan fingerprint density at radius 2 is 1.81 bits per heavy atom. The van der Waals surface area contributed by atoms with Crippen molar-refractivity contribution in [2.75, 3.05) is 50.8 Å². The minimum Gasteiger partial charge on any atom is -0.486 e. The van der Waals surface area contributed by atoms with E-state index in [0.717, 1.165) is 43.9 Å². The normalized spacial score (nSPS) is 20.4. The molecule has 1 amide bonds. The van der Waals surface area contributed by atoms with E-state index >= 15 is 0 Å². The molecule has 2 fully saturated rings. The van der Waals surface area contributed by atoms with Crippen LogP contribution >= 0.6 is 0 Å². The Labute approximate surface area is 217 Å². The average molecular weight is 504 g/mol. The Hall–Kier alpha value is -3.32. The maximum absolute atomic E-state index is 14.7. The topological polar surface area (TPSA) is 54.0 Å². The lowest BCUT2D eigenvalue weighted by Gasteiger charge is -2.27. The number of fused-ring (bicyclic) bond motifs is 2. The molecule has 1 N–H and O–H groups in total. The Kier molecular flexibility index (Phi) is 6.87. The van der Waals surface area contributed by atoms with E-state index in [1.807, 2.05) is 6.07 Å². The summed E-state index contributed by atoms with van der Waals surface area (Å²) in [5.41, 5.74) is 1.98. The first-order valence-corrected chi connectivity index (χ1v) is 13.5. The SMILES string of the molecule is O=C(NC(Cc1cc(F)c2c(c1)OCCO2)CN1CCCC1)C1CCN(c2ccc3ccccc3c2)C1. The highest BCUT2D eigenvalue weighted by Gasteiger charge is 2.31. The number of likely N-dealkylation sites (tertiary alicyclic amines) is 1. The molecule has 3 aliphatic rings. The zero-order valence-corrected chi connectivity index (χ0v) is 21.1. The van der Waals surface area contributed by atoms with Crippen LogP contribution in [0, 0.1) is 11.7 Å². The van der Waals surface area contributed by atoms with Crippen LogP contribution < -0.4 is 19.7 Å². The largest absolute Gasteiger partial charge is 0.486 e. The lowest BCUT2D eigenvalue weighted by molar-refractivity contribution is -0.125. The molecule has 7 heteroatoms. The molecule has 37 heavy (non-hydrogen) atoms. The summed E-state index contributed by atoms with van der Waals surface area (Å²) in [6.45, 7) is 5.19. The van der Waals surface area contributed by atoms with Crippen molar-refractivity contribution in [3.63, 3.8) is 0 Å². The van der Waals surface area contributed by atoms with Gasteiger partial charge in [0.15, 0.2) is 17.3 Å². The second-order valence-electron chi connectivity index (χ2n) is 10.5. The molecular weight excluding hydrogens is 469 g/mol. The predicted octanol–water partition coefficient (Wildman–Crippen LogP) is 4.40. The van der Waals surface area contributed by atoms with Gasteiger partial charge in [0.25, 0.3) is 0 Å². The van der Waals surface area contributed by atoms with Crippen LogP contribution in [-0.4, -0.2) is 62.8 Å². The zero-order valence-electron chi connectivity index (χ0n) is 21.1. The molecule has 0 radical (unpaired) electrons. The quantitative estimate of drug-likeness (QED) is 0.518. The maximum Gasteiger partial charge on any atom is 0.225 e. The summed E-state index contributed by atoms with van der Waals surface area (Å²) >= 11 is 0. The highest BCUT2D eigenvalue weighted by atomic mass is 19.1. The van der Waals surface area contributed by atoms with Crippen LogP contribution in [0.5, 0.6) is 11.5 Å². The Balaban J connectivity index is 1.14. The molecule has 3 heterocycles. The van der Waals surface area contributed by atoms with Crippen molar-refractivity contribution in [1.82, 2.24) is 10.2 Å². The number of nitrogens with one attached hydrogen (secondary N) is 1. The minimum absolute atomic E-state index is 0.0652. The van der Waals surface area contributed by atoms with Crippen molar-refractivity contribution in [2.24, 2.45) is 5.92 Å². The molecule has 194 valence electrons. The third-order valence-corrected chi connectivity index (χ3v) is 7.82. The molecule has 2 unspecified atom stereocenters. The third-order valence-electron chi connectivity index (χ3n) is 7.82. The number of nitrogens with zero attached hydrogens (tertiary/aromatic N) is 2. The van der Waals surface area contributed by atoms with E-state index in [9.17, 15) is 9.18 Å². The summed E-state index contributed by atoms with van der Waals surface area (Å²) in [7, 11) is 0. The fourth-order valence-electron chi connectivity index (χ4n) is 5.91. The molecule has 6 nitrogen and oxygen atoms in total. The van der Waals surface area contributed by atoms with E-state index in [1.54, 1.807) is 0 Å². The van der Waals surface area contributed by atoms with Crippen molar-refractivity contribution >= 4 is 22.4 Å². The first-order valence-electron chi connectivity index (χ1n) is 13.5. The van der Waals surface area contributed by atoms with Crippen LogP contribution in [0.25, 0.3) is 10.8 Å². The summed E-state index contributed by atoms with van der Waals surface area (Å²) in [6.07, 6.45) is 3.75. The van der Waals surface area contributed by atoms with Crippen molar-refractivity contribution in [1.29, 1.82) is 0 Å². The average Bonchev–Trinajstić information content (AvgIpc) is 3.61. The van der Waals surface area contributed by atoms with Gasteiger partial charge in [0, 0.05) is 31.4 Å². The number of benzene rings is 3. The Morgan fingerprint density at radius 3 is 2.68 bits per heavy atom. The first kappa shape index (κ1) is 24.0. The Bertz CT molecular complexity index is 1280. The van der Waals surface area contributed by atoms with Gasteiger partial charge in [-0.25, -0.2) is 4.39 Å². The molecule has 0 spiro atoms. The lowest BCUT2D eigenvalue weighted by Crippen LogP contribution is -2.47. The highest BCUT2D eigenvalue weighted by molar-refractivity contribution is 5.86. The summed E-state index contributed by atoms with van der Waals surface area (Å²) in [6, 6.07) is 18.1. The summed E-state index contributed by atoms with van der Waals surface area (Å²) in [4.78, 5) is 18.1. The van der Waals surface area contributed by atoms with Gasteiger partial charge in [0.2, 0.25) is 5.91 Å². The molecular formula is C30H34FN3O3. The van der Waals surface area contributed by atoms with Crippen LogP contribution in [0.1, 0.15) is 24.8 Å². The highest BCUT2D eigenvalue weighted by Crippen LogP contribution is 2.34. The molecule has 0 bridgehead atoms. The third kappa shape index (κ3) is 5.37. The molecule has 2 atom stereocenters. The number of rotatable bonds is 7. The van der Waals surface area contributed by atoms with Gasteiger partial charge in [0.05, 0.1) is 5.92 Å². The fourth-order valence-corrected chi connectivity index (χ4v) is 5.91. The van der Waals surface area contributed by atoms with E-state index in [1.165, 1.54) is 29.7 Å².